The van der Waals surface area contributed by atoms with Gasteiger partial charge in [-0.05, 0) is 25.5 Å². The Morgan fingerprint density at radius 1 is 1.43 bits per heavy atom. The molecule has 0 bridgehead atoms. The summed E-state index contributed by atoms with van der Waals surface area (Å²) in [4.78, 5) is 26.7. The minimum atomic E-state index is -0.992. The van der Waals surface area contributed by atoms with E-state index in [9.17, 15) is 9.59 Å². The Balaban J connectivity index is 2.35. The van der Waals surface area contributed by atoms with Crippen molar-refractivity contribution in [2.24, 2.45) is 0 Å². The number of carboxylic acids is 1. The number of hydrogen-bond donors (Lipinski definition) is 2. The third kappa shape index (κ3) is 7.13. The molecule has 1 atom stereocenters. The van der Waals surface area contributed by atoms with Crippen LogP contribution in [0.25, 0.3) is 0 Å². The minimum Gasteiger partial charge on any atom is -0.478 e. The molecule has 0 aromatic carbocycles. The van der Waals surface area contributed by atoms with E-state index < -0.39 is 5.97 Å². The van der Waals surface area contributed by atoms with Crippen LogP contribution in [0.5, 0.6) is 0 Å². The highest BCUT2D eigenvalue weighted by Crippen LogP contribution is 2.16. The van der Waals surface area contributed by atoms with Crippen LogP contribution in [0.15, 0.2) is 23.4 Å². The molecule has 1 heterocycles. The van der Waals surface area contributed by atoms with E-state index >= 15 is 0 Å². The van der Waals surface area contributed by atoms with Crippen molar-refractivity contribution < 1.29 is 14.7 Å². The van der Waals surface area contributed by atoms with Gasteiger partial charge < -0.3 is 10.4 Å². The molecule has 0 saturated heterocycles. The number of amides is 1. The predicted molar refractivity (Wildman–Crippen MR) is 83.7 cm³/mol. The number of unbranched alkanes of at least 4 members (excludes halogenated alkanes) is 2. The molecule has 1 rings (SSSR count). The van der Waals surface area contributed by atoms with Crippen LogP contribution in [-0.4, -0.2) is 33.8 Å². The van der Waals surface area contributed by atoms with Crippen molar-refractivity contribution in [1.29, 1.82) is 0 Å². The van der Waals surface area contributed by atoms with Crippen LogP contribution in [0.3, 0.4) is 0 Å². The summed E-state index contributed by atoms with van der Waals surface area (Å²) in [6.45, 7) is 4.15. The van der Waals surface area contributed by atoms with Gasteiger partial charge in [0.15, 0.2) is 0 Å². The van der Waals surface area contributed by atoms with E-state index in [-0.39, 0.29) is 23.3 Å². The van der Waals surface area contributed by atoms with Crippen molar-refractivity contribution in [2.45, 2.75) is 50.6 Å². The third-order valence-corrected chi connectivity index (χ3v) is 3.91. The largest absolute Gasteiger partial charge is 0.478 e. The van der Waals surface area contributed by atoms with Crippen LogP contribution < -0.4 is 5.32 Å². The topological polar surface area (TPSA) is 79.3 Å². The van der Waals surface area contributed by atoms with Gasteiger partial charge >= 0.3 is 5.97 Å². The average Bonchev–Trinajstić information content (AvgIpc) is 2.45. The van der Waals surface area contributed by atoms with Gasteiger partial charge in [-0.25, -0.2) is 9.78 Å². The maximum Gasteiger partial charge on any atom is 0.335 e. The lowest BCUT2D eigenvalue weighted by Gasteiger charge is -2.13. The molecule has 1 unspecified atom stereocenters. The van der Waals surface area contributed by atoms with E-state index in [0.29, 0.717) is 5.03 Å². The molecular formula is C15H22N2O3S. The molecule has 21 heavy (non-hydrogen) atoms. The molecule has 1 amide bonds. The molecule has 2 N–H and O–H groups in total. The normalized spacial score (nSPS) is 11.9. The zero-order chi connectivity index (χ0) is 15.7. The molecule has 0 radical (unpaired) electrons. The summed E-state index contributed by atoms with van der Waals surface area (Å²) < 4.78 is 0. The Labute approximate surface area is 129 Å². The monoisotopic (exact) mass is 310 g/mol. The lowest BCUT2D eigenvalue weighted by molar-refractivity contribution is -0.119. The van der Waals surface area contributed by atoms with Gasteiger partial charge in [-0.2, -0.15) is 0 Å². The SMILES string of the molecule is CCCCCC(C)NC(=O)CSc1cc(C(=O)O)ccn1. The summed E-state index contributed by atoms with van der Waals surface area (Å²) in [7, 11) is 0. The highest BCUT2D eigenvalue weighted by atomic mass is 32.2. The van der Waals surface area contributed by atoms with Gasteiger partial charge in [-0.15, -0.1) is 0 Å². The third-order valence-electron chi connectivity index (χ3n) is 2.98. The fraction of sp³-hybridized carbons (Fsp3) is 0.533. The molecule has 116 valence electrons. The number of aromatic carboxylic acids is 1. The maximum absolute atomic E-state index is 11.8. The van der Waals surface area contributed by atoms with Crippen molar-refractivity contribution in [3.05, 3.63) is 23.9 Å². The van der Waals surface area contributed by atoms with E-state index in [1.54, 1.807) is 0 Å². The number of carboxylic acid groups (broad SMARTS) is 1. The lowest BCUT2D eigenvalue weighted by Crippen LogP contribution is -2.33. The smallest absolute Gasteiger partial charge is 0.335 e. The Hall–Kier alpha value is -1.56. The highest BCUT2D eigenvalue weighted by molar-refractivity contribution is 7.99. The highest BCUT2D eigenvalue weighted by Gasteiger charge is 2.09. The second-order valence-corrected chi connectivity index (χ2v) is 5.94. The summed E-state index contributed by atoms with van der Waals surface area (Å²) in [6, 6.07) is 3.08. The second kappa shape index (κ2) is 9.39. The molecule has 0 fully saturated rings. The number of carbonyl (C=O) groups excluding carboxylic acids is 1. The summed E-state index contributed by atoms with van der Waals surface area (Å²) in [5.74, 6) is -0.798. The number of pyridine rings is 1. The maximum atomic E-state index is 11.8. The van der Waals surface area contributed by atoms with Crippen LogP contribution in [0.1, 0.15) is 49.9 Å². The number of nitrogens with one attached hydrogen (secondary N) is 1. The Morgan fingerprint density at radius 3 is 2.86 bits per heavy atom. The number of aromatic nitrogens is 1. The Morgan fingerprint density at radius 2 is 2.19 bits per heavy atom. The standard InChI is InChI=1S/C15H22N2O3S/c1-3-4-5-6-11(2)17-13(18)10-21-14-9-12(15(19)20)7-8-16-14/h7-9,11H,3-6,10H2,1-2H3,(H,17,18)(H,19,20). The number of hydrogen-bond acceptors (Lipinski definition) is 4. The van der Waals surface area contributed by atoms with Crippen LogP contribution in [0, 0.1) is 0 Å². The van der Waals surface area contributed by atoms with E-state index in [4.69, 9.17) is 5.11 Å². The van der Waals surface area contributed by atoms with Crippen LogP contribution in [-0.2, 0) is 4.79 Å². The van der Waals surface area contributed by atoms with Crippen molar-refractivity contribution in [1.82, 2.24) is 10.3 Å². The number of nitrogens with zero attached hydrogens (tertiary/aromatic N) is 1. The average molecular weight is 310 g/mol. The Kier molecular flexibility index (Phi) is 7.82. The van der Waals surface area contributed by atoms with Crippen molar-refractivity contribution in [3.8, 4) is 0 Å². The fourth-order valence-electron chi connectivity index (χ4n) is 1.85. The number of carbonyl (C=O) groups is 2. The van der Waals surface area contributed by atoms with Crippen molar-refractivity contribution in [2.75, 3.05) is 5.75 Å². The van der Waals surface area contributed by atoms with Gasteiger partial charge in [0, 0.05) is 12.2 Å². The van der Waals surface area contributed by atoms with Crippen LogP contribution in [0.2, 0.25) is 0 Å². The molecule has 0 aliphatic carbocycles. The van der Waals surface area contributed by atoms with Gasteiger partial charge in [0.05, 0.1) is 16.3 Å². The summed E-state index contributed by atoms with van der Waals surface area (Å²) >= 11 is 1.24. The zero-order valence-corrected chi connectivity index (χ0v) is 13.3. The summed E-state index contributed by atoms with van der Waals surface area (Å²) in [5.41, 5.74) is 0.181. The fourth-order valence-corrected chi connectivity index (χ4v) is 2.56. The van der Waals surface area contributed by atoms with E-state index in [1.807, 2.05) is 6.92 Å². The first-order valence-corrected chi connectivity index (χ1v) is 8.13. The van der Waals surface area contributed by atoms with Crippen LogP contribution in [0.4, 0.5) is 0 Å². The molecule has 0 spiro atoms. The molecule has 1 aromatic rings. The number of thioether (sulfide) groups is 1. The van der Waals surface area contributed by atoms with Crippen molar-refractivity contribution >= 4 is 23.6 Å². The first-order valence-electron chi connectivity index (χ1n) is 7.14. The molecule has 0 aliphatic heterocycles. The molecule has 0 aliphatic rings. The molecule has 0 saturated carbocycles. The number of rotatable bonds is 9. The quantitative estimate of drug-likeness (QED) is 0.541. The van der Waals surface area contributed by atoms with E-state index in [2.05, 4.69) is 17.2 Å². The van der Waals surface area contributed by atoms with Gasteiger partial charge in [-0.1, -0.05) is 37.9 Å². The summed E-state index contributed by atoms with van der Waals surface area (Å²) in [6.07, 6.45) is 5.89. The first kappa shape index (κ1) is 17.5. The first-order chi connectivity index (χ1) is 10.0. The van der Waals surface area contributed by atoms with Gasteiger partial charge in [-0.3, -0.25) is 4.79 Å². The predicted octanol–water partition coefficient (Wildman–Crippen LogP) is 2.96. The zero-order valence-electron chi connectivity index (χ0n) is 12.5. The molecule has 5 nitrogen and oxygen atoms in total. The summed E-state index contributed by atoms with van der Waals surface area (Å²) in [5, 5.41) is 12.4. The molecule has 6 heteroatoms. The molecular weight excluding hydrogens is 288 g/mol. The van der Waals surface area contributed by atoms with Gasteiger partial charge in [0.1, 0.15) is 0 Å². The second-order valence-electron chi connectivity index (χ2n) is 4.94. The van der Waals surface area contributed by atoms with E-state index in [0.717, 1.165) is 12.8 Å². The lowest BCUT2D eigenvalue weighted by atomic mass is 10.1. The van der Waals surface area contributed by atoms with Crippen molar-refractivity contribution in [3.63, 3.8) is 0 Å². The van der Waals surface area contributed by atoms with E-state index in [1.165, 1.54) is 42.9 Å². The Bertz CT molecular complexity index is 480. The molecule has 1 aromatic heterocycles. The van der Waals surface area contributed by atoms with Crippen LogP contribution >= 0.6 is 11.8 Å². The minimum absolute atomic E-state index is 0.0495. The van der Waals surface area contributed by atoms with Gasteiger partial charge in [0.2, 0.25) is 5.91 Å². The van der Waals surface area contributed by atoms with Gasteiger partial charge in [0.25, 0.3) is 0 Å².